The van der Waals surface area contributed by atoms with E-state index in [0.29, 0.717) is 12.3 Å². The zero-order chi connectivity index (χ0) is 17.7. The number of carbonyl (C=O) groups is 1. The number of halogens is 2. The average Bonchev–Trinajstić information content (AvgIpc) is 2.49. The van der Waals surface area contributed by atoms with Crippen LogP contribution in [0.15, 0.2) is 30.3 Å². The maximum absolute atomic E-state index is 12.9. The van der Waals surface area contributed by atoms with Crippen LogP contribution in [0.25, 0.3) is 0 Å². The fourth-order valence-corrected chi connectivity index (χ4v) is 2.67. The van der Waals surface area contributed by atoms with Crippen LogP contribution in [0.5, 0.6) is 5.75 Å². The number of hydrogen-bond donors (Lipinski definition) is 2. The summed E-state index contributed by atoms with van der Waals surface area (Å²) in [5.74, 6) is -0.0424. The second-order valence-corrected chi connectivity index (χ2v) is 5.99. The SMILES string of the molecule is Cc1cc(C)c(NC(=O)NCCOc2ccc(F)cc2Cl)c(C)c1. The maximum atomic E-state index is 12.9. The number of anilines is 1. The van der Waals surface area contributed by atoms with Crippen molar-refractivity contribution in [3.8, 4) is 5.75 Å². The number of hydrogen-bond acceptors (Lipinski definition) is 2. The molecule has 24 heavy (non-hydrogen) atoms. The molecule has 0 radical (unpaired) electrons. The Bertz CT molecular complexity index is 727. The van der Waals surface area contributed by atoms with E-state index in [4.69, 9.17) is 16.3 Å². The van der Waals surface area contributed by atoms with Gasteiger partial charge < -0.3 is 15.4 Å². The second-order valence-electron chi connectivity index (χ2n) is 5.58. The summed E-state index contributed by atoms with van der Waals surface area (Å²) in [6.45, 7) is 6.44. The molecule has 0 fully saturated rings. The molecule has 6 heteroatoms. The lowest BCUT2D eigenvalue weighted by Crippen LogP contribution is -2.32. The summed E-state index contributed by atoms with van der Waals surface area (Å²) in [6.07, 6.45) is 0. The van der Waals surface area contributed by atoms with Gasteiger partial charge in [-0.1, -0.05) is 29.3 Å². The zero-order valence-corrected chi connectivity index (χ0v) is 14.6. The van der Waals surface area contributed by atoms with E-state index in [9.17, 15) is 9.18 Å². The van der Waals surface area contributed by atoms with Crippen molar-refractivity contribution in [2.45, 2.75) is 20.8 Å². The van der Waals surface area contributed by atoms with Crippen LogP contribution < -0.4 is 15.4 Å². The summed E-state index contributed by atoms with van der Waals surface area (Å²) in [5.41, 5.74) is 3.98. The Balaban J connectivity index is 1.82. The Kier molecular flexibility index (Phi) is 6.04. The summed E-state index contributed by atoms with van der Waals surface area (Å²) in [6, 6.07) is 7.63. The van der Waals surface area contributed by atoms with Gasteiger partial charge in [0.1, 0.15) is 18.2 Å². The minimum absolute atomic E-state index is 0.199. The standard InChI is InChI=1S/C18H20ClFN2O2/c1-11-8-12(2)17(13(3)9-11)22-18(23)21-6-7-24-16-5-4-14(20)10-15(16)19/h4-5,8-10H,6-7H2,1-3H3,(H2,21,22,23). The van der Waals surface area contributed by atoms with Gasteiger partial charge in [-0.2, -0.15) is 0 Å². The topological polar surface area (TPSA) is 50.4 Å². The minimum atomic E-state index is -0.423. The van der Waals surface area contributed by atoms with E-state index in [0.717, 1.165) is 22.4 Å². The molecule has 128 valence electrons. The van der Waals surface area contributed by atoms with Crippen LogP contribution in [-0.2, 0) is 0 Å². The molecule has 2 N–H and O–H groups in total. The third-order valence-corrected chi connectivity index (χ3v) is 3.75. The van der Waals surface area contributed by atoms with Gasteiger partial charge in [-0.25, -0.2) is 9.18 Å². The molecular formula is C18H20ClFN2O2. The lowest BCUT2D eigenvalue weighted by molar-refractivity contribution is 0.247. The van der Waals surface area contributed by atoms with Crippen molar-refractivity contribution in [2.24, 2.45) is 0 Å². The molecule has 0 aromatic heterocycles. The molecule has 4 nitrogen and oxygen atoms in total. The van der Waals surface area contributed by atoms with Crippen molar-refractivity contribution >= 4 is 23.3 Å². The molecule has 2 aromatic rings. The highest BCUT2D eigenvalue weighted by atomic mass is 35.5. The molecule has 0 saturated carbocycles. The van der Waals surface area contributed by atoms with Gasteiger partial charge in [-0.05, 0) is 50.1 Å². The molecular weight excluding hydrogens is 331 g/mol. The van der Waals surface area contributed by atoms with E-state index in [1.165, 1.54) is 18.2 Å². The summed E-state index contributed by atoms with van der Waals surface area (Å²) in [4.78, 5) is 12.0. The molecule has 0 saturated heterocycles. The van der Waals surface area contributed by atoms with E-state index in [1.54, 1.807) is 0 Å². The molecule has 0 aliphatic heterocycles. The van der Waals surface area contributed by atoms with Gasteiger partial charge >= 0.3 is 6.03 Å². The van der Waals surface area contributed by atoms with Gasteiger partial charge in [-0.15, -0.1) is 0 Å². The van der Waals surface area contributed by atoms with E-state index in [2.05, 4.69) is 10.6 Å². The van der Waals surface area contributed by atoms with Gasteiger partial charge in [0.2, 0.25) is 0 Å². The predicted octanol–water partition coefficient (Wildman–Crippen LogP) is 4.60. The predicted molar refractivity (Wildman–Crippen MR) is 94.6 cm³/mol. The third kappa shape index (κ3) is 4.86. The first-order valence-corrected chi connectivity index (χ1v) is 7.95. The van der Waals surface area contributed by atoms with Gasteiger partial charge in [0.25, 0.3) is 0 Å². The second kappa shape index (κ2) is 8.02. The van der Waals surface area contributed by atoms with Gasteiger partial charge in [0, 0.05) is 5.69 Å². The van der Waals surface area contributed by atoms with E-state index in [-0.39, 0.29) is 17.7 Å². The van der Waals surface area contributed by atoms with E-state index >= 15 is 0 Å². The van der Waals surface area contributed by atoms with Crippen LogP contribution in [-0.4, -0.2) is 19.2 Å². The fourth-order valence-electron chi connectivity index (χ4n) is 2.45. The Labute approximate surface area is 146 Å². The molecule has 2 aromatic carbocycles. The normalized spacial score (nSPS) is 10.4. The van der Waals surface area contributed by atoms with Gasteiger partial charge in [-0.3, -0.25) is 0 Å². The Morgan fingerprint density at radius 2 is 1.83 bits per heavy atom. The molecule has 2 rings (SSSR count). The zero-order valence-electron chi connectivity index (χ0n) is 13.9. The largest absolute Gasteiger partial charge is 0.490 e. The van der Waals surface area contributed by atoms with Crippen molar-refractivity contribution < 1.29 is 13.9 Å². The highest BCUT2D eigenvalue weighted by Gasteiger charge is 2.08. The van der Waals surface area contributed by atoms with Crippen molar-refractivity contribution in [3.63, 3.8) is 0 Å². The maximum Gasteiger partial charge on any atom is 0.319 e. The minimum Gasteiger partial charge on any atom is -0.490 e. The van der Waals surface area contributed by atoms with Crippen LogP contribution in [0.3, 0.4) is 0 Å². The van der Waals surface area contributed by atoms with Crippen LogP contribution >= 0.6 is 11.6 Å². The summed E-state index contributed by atoms with van der Waals surface area (Å²) >= 11 is 5.86. The summed E-state index contributed by atoms with van der Waals surface area (Å²) < 4.78 is 18.3. The first-order chi connectivity index (χ1) is 11.4. The van der Waals surface area contributed by atoms with Crippen molar-refractivity contribution in [1.82, 2.24) is 5.32 Å². The van der Waals surface area contributed by atoms with Crippen LogP contribution in [0, 0.1) is 26.6 Å². The third-order valence-electron chi connectivity index (χ3n) is 3.45. The van der Waals surface area contributed by atoms with Gasteiger partial charge in [0.15, 0.2) is 0 Å². The molecule has 2 amide bonds. The molecule has 0 unspecified atom stereocenters. The highest BCUT2D eigenvalue weighted by molar-refractivity contribution is 6.32. The molecule has 0 aliphatic carbocycles. The lowest BCUT2D eigenvalue weighted by atomic mass is 10.1. The van der Waals surface area contributed by atoms with E-state index < -0.39 is 5.82 Å². The Morgan fingerprint density at radius 3 is 2.46 bits per heavy atom. The smallest absolute Gasteiger partial charge is 0.319 e. The molecule has 0 aliphatic rings. The van der Waals surface area contributed by atoms with Crippen LogP contribution in [0.4, 0.5) is 14.9 Å². The summed E-state index contributed by atoms with van der Waals surface area (Å²) in [5, 5.41) is 5.75. The van der Waals surface area contributed by atoms with Crippen molar-refractivity contribution in [3.05, 3.63) is 57.9 Å². The number of rotatable bonds is 5. The Hall–Kier alpha value is -2.27. The number of aryl methyl sites for hydroxylation is 3. The molecule has 0 spiro atoms. The quantitative estimate of drug-likeness (QED) is 0.774. The van der Waals surface area contributed by atoms with Crippen LogP contribution in [0.1, 0.15) is 16.7 Å². The lowest BCUT2D eigenvalue weighted by Gasteiger charge is -2.14. The number of carbonyl (C=O) groups excluding carboxylic acids is 1. The molecule has 0 heterocycles. The molecule has 0 atom stereocenters. The van der Waals surface area contributed by atoms with Gasteiger partial charge in [0.05, 0.1) is 11.6 Å². The number of ether oxygens (including phenoxy) is 1. The average molecular weight is 351 g/mol. The first-order valence-electron chi connectivity index (χ1n) is 7.57. The fraction of sp³-hybridized carbons (Fsp3) is 0.278. The number of nitrogens with one attached hydrogen (secondary N) is 2. The Morgan fingerprint density at radius 1 is 1.17 bits per heavy atom. The van der Waals surface area contributed by atoms with E-state index in [1.807, 2.05) is 32.9 Å². The highest BCUT2D eigenvalue weighted by Crippen LogP contribution is 2.24. The monoisotopic (exact) mass is 350 g/mol. The number of benzene rings is 2. The number of urea groups is 1. The number of amides is 2. The summed E-state index contributed by atoms with van der Waals surface area (Å²) in [7, 11) is 0. The van der Waals surface area contributed by atoms with Crippen LogP contribution in [0.2, 0.25) is 5.02 Å². The molecule has 0 bridgehead atoms. The van der Waals surface area contributed by atoms with Crippen molar-refractivity contribution in [1.29, 1.82) is 0 Å². The van der Waals surface area contributed by atoms with Crippen molar-refractivity contribution in [2.75, 3.05) is 18.5 Å². The first kappa shape index (κ1) is 18.1.